The summed E-state index contributed by atoms with van der Waals surface area (Å²) in [7, 11) is 4.60. The molecule has 29 heavy (non-hydrogen) atoms. The molecule has 2 aromatic carbocycles. The quantitative estimate of drug-likeness (QED) is 0.679. The summed E-state index contributed by atoms with van der Waals surface area (Å²) in [6, 6.07) is 11.0. The van der Waals surface area contributed by atoms with Crippen LogP contribution in [0.4, 0.5) is 0 Å². The molecule has 0 amide bonds. The van der Waals surface area contributed by atoms with Gasteiger partial charge in [-0.2, -0.15) is 0 Å². The lowest BCUT2D eigenvalue weighted by Crippen LogP contribution is -2.33. The highest BCUT2D eigenvalue weighted by Crippen LogP contribution is 2.40. The Labute approximate surface area is 172 Å². The first-order chi connectivity index (χ1) is 13.7. The maximum Gasteiger partial charge on any atom is 0.322 e. The van der Waals surface area contributed by atoms with Gasteiger partial charge in [-0.15, -0.1) is 0 Å². The Hall–Kier alpha value is -2.57. The molecule has 0 heterocycles. The van der Waals surface area contributed by atoms with Crippen LogP contribution in [0.1, 0.15) is 31.9 Å². The van der Waals surface area contributed by atoms with E-state index in [4.69, 9.17) is 19.9 Å². The van der Waals surface area contributed by atoms with Crippen molar-refractivity contribution < 1.29 is 23.7 Å². The van der Waals surface area contributed by atoms with Gasteiger partial charge >= 0.3 is 5.97 Å². The molecule has 6 heteroatoms. The maximum absolute atomic E-state index is 11.5. The van der Waals surface area contributed by atoms with Crippen molar-refractivity contribution in [3.05, 3.63) is 47.5 Å². The summed E-state index contributed by atoms with van der Waals surface area (Å²) >= 11 is 0. The van der Waals surface area contributed by atoms with Crippen molar-refractivity contribution in [3.8, 4) is 22.6 Å². The third-order valence-corrected chi connectivity index (χ3v) is 4.44. The number of carbonyl (C=O) groups is 1. The highest BCUT2D eigenvalue weighted by Gasteiger charge is 2.18. The number of carbonyl (C=O) groups excluding carboxylic acids is 1. The smallest absolute Gasteiger partial charge is 0.322 e. The largest absolute Gasteiger partial charge is 0.496 e. The summed E-state index contributed by atoms with van der Waals surface area (Å²) < 4.78 is 21.8. The minimum Gasteiger partial charge on any atom is -0.496 e. The molecule has 0 bridgehead atoms. The van der Waals surface area contributed by atoms with Gasteiger partial charge in [0.1, 0.15) is 17.5 Å². The summed E-state index contributed by atoms with van der Waals surface area (Å²) in [5, 5.41) is 0. The van der Waals surface area contributed by atoms with Gasteiger partial charge in [0.25, 0.3) is 0 Å². The van der Waals surface area contributed by atoms with Crippen LogP contribution in [0.2, 0.25) is 0 Å². The summed E-state index contributed by atoms with van der Waals surface area (Å²) in [6.07, 6.45) is 0.407. The van der Waals surface area contributed by atoms with E-state index in [1.165, 1.54) is 7.11 Å². The molecule has 0 saturated carbocycles. The SMILES string of the molecule is COC(=O)[C@@H](N)Cc1ccc(-c2c(OC)cc(COC(C)(C)C)cc2OC)cc1. The first-order valence-electron chi connectivity index (χ1n) is 9.50. The van der Waals surface area contributed by atoms with E-state index in [2.05, 4.69) is 4.74 Å². The minimum absolute atomic E-state index is 0.236. The third-order valence-electron chi connectivity index (χ3n) is 4.44. The van der Waals surface area contributed by atoms with Crippen LogP contribution >= 0.6 is 0 Å². The zero-order valence-electron chi connectivity index (χ0n) is 18.1. The Morgan fingerprint density at radius 3 is 1.97 bits per heavy atom. The average molecular weight is 402 g/mol. The van der Waals surface area contributed by atoms with Gasteiger partial charge in [0.15, 0.2) is 0 Å². The summed E-state index contributed by atoms with van der Waals surface area (Å²) in [4.78, 5) is 11.5. The minimum atomic E-state index is -0.683. The van der Waals surface area contributed by atoms with Gasteiger partial charge in [-0.05, 0) is 56.0 Å². The topological polar surface area (TPSA) is 80.0 Å². The van der Waals surface area contributed by atoms with E-state index in [1.54, 1.807) is 14.2 Å². The van der Waals surface area contributed by atoms with Crippen molar-refractivity contribution in [2.24, 2.45) is 5.73 Å². The predicted octanol–water partition coefficient (Wildman–Crippen LogP) is 3.73. The number of benzene rings is 2. The molecule has 0 aliphatic rings. The van der Waals surface area contributed by atoms with Crippen LogP contribution in [0, 0.1) is 0 Å². The fourth-order valence-corrected chi connectivity index (χ4v) is 2.93. The highest BCUT2D eigenvalue weighted by atomic mass is 16.5. The Bertz CT molecular complexity index is 799. The van der Waals surface area contributed by atoms with E-state index in [9.17, 15) is 4.79 Å². The van der Waals surface area contributed by atoms with E-state index < -0.39 is 12.0 Å². The zero-order valence-corrected chi connectivity index (χ0v) is 18.1. The third kappa shape index (κ3) is 6.21. The Kier molecular flexibility index (Phi) is 7.65. The predicted molar refractivity (Wildman–Crippen MR) is 113 cm³/mol. The van der Waals surface area contributed by atoms with Crippen molar-refractivity contribution in [3.63, 3.8) is 0 Å². The lowest BCUT2D eigenvalue weighted by Gasteiger charge is -2.21. The van der Waals surface area contributed by atoms with Gasteiger partial charge < -0.3 is 24.7 Å². The normalized spacial score (nSPS) is 12.4. The zero-order chi connectivity index (χ0) is 21.6. The number of ether oxygens (including phenoxy) is 4. The molecule has 0 radical (unpaired) electrons. The highest BCUT2D eigenvalue weighted by molar-refractivity contribution is 5.78. The van der Waals surface area contributed by atoms with Crippen molar-refractivity contribution in [1.29, 1.82) is 0 Å². The second-order valence-corrected chi connectivity index (χ2v) is 7.81. The van der Waals surface area contributed by atoms with Crippen molar-refractivity contribution >= 4 is 5.97 Å². The Morgan fingerprint density at radius 2 is 1.52 bits per heavy atom. The fourth-order valence-electron chi connectivity index (χ4n) is 2.93. The molecule has 2 N–H and O–H groups in total. The van der Waals surface area contributed by atoms with Crippen LogP contribution in [0.3, 0.4) is 0 Å². The Balaban J connectivity index is 2.32. The standard InChI is InChI=1S/C23H31NO5/c1-23(2,3)29-14-16-12-19(26-4)21(20(13-16)27-5)17-9-7-15(8-10-17)11-18(24)22(25)28-6/h7-10,12-13,18H,11,14,24H2,1-6H3/t18-/m0/s1. The molecule has 0 fully saturated rings. The summed E-state index contributed by atoms with van der Waals surface area (Å²) in [5.74, 6) is 0.984. The number of esters is 1. The van der Waals surface area contributed by atoms with E-state index in [-0.39, 0.29) is 5.60 Å². The van der Waals surface area contributed by atoms with Gasteiger partial charge in [0, 0.05) is 0 Å². The molecule has 0 spiro atoms. The van der Waals surface area contributed by atoms with Crippen LogP contribution in [-0.4, -0.2) is 38.9 Å². The summed E-state index contributed by atoms with van der Waals surface area (Å²) in [6.45, 7) is 6.51. The molecular formula is C23H31NO5. The molecule has 6 nitrogen and oxygen atoms in total. The first kappa shape index (κ1) is 22.7. The lowest BCUT2D eigenvalue weighted by atomic mass is 9.98. The molecule has 158 valence electrons. The number of nitrogens with two attached hydrogens (primary N) is 1. The number of methoxy groups -OCH3 is 3. The van der Waals surface area contributed by atoms with Gasteiger partial charge in [-0.3, -0.25) is 4.79 Å². The van der Waals surface area contributed by atoms with Gasteiger partial charge in [-0.25, -0.2) is 0 Å². The second-order valence-electron chi connectivity index (χ2n) is 7.81. The number of hydrogen-bond donors (Lipinski definition) is 1. The lowest BCUT2D eigenvalue weighted by molar-refractivity contribution is -0.142. The van der Waals surface area contributed by atoms with Crippen molar-refractivity contribution in [2.75, 3.05) is 21.3 Å². The van der Waals surface area contributed by atoms with E-state index in [1.807, 2.05) is 57.2 Å². The number of hydrogen-bond acceptors (Lipinski definition) is 6. The fraction of sp³-hybridized carbons (Fsp3) is 0.435. The van der Waals surface area contributed by atoms with Gasteiger partial charge in [0.05, 0.1) is 39.1 Å². The Morgan fingerprint density at radius 1 is 0.966 bits per heavy atom. The molecule has 0 aromatic heterocycles. The molecule has 2 aromatic rings. The second kappa shape index (κ2) is 9.76. The van der Waals surface area contributed by atoms with Crippen molar-refractivity contribution in [1.82, 2.24) is 0 Å². The molecular weight excluding hydrogens is 370 g/mol. The monoisotopic (exact) mass is 401 g/mol. The van der Waals surface area contributed by atoms with Crippen LogP contribution in [-0.2, 0) is 27.3 Å². The molecule has 0 aliphatic carbocycles. The van der Waals surface area contributed by atoms with Crippen molar-refractivity contribution in [2.45, 2.75) is 45.4 Å². The van der Waals surface area contributed by atoms with Crippen LogP contribution in [0.15, 0.2) is 36.4 Å². The van der Waals surface area contributed by atoms with E-state index in [0.29, 0.717) is 24.5 Å². The van der Waals surface area contributed by atoms with Gasteiger partial charge in [0.2, 0.25) is 0 Å². The number of rotatable bonds is 8. The maximum atomic E-state index is 11.5. The molecule has 2 rings (SSSR count). The van der Waals surface area contributed by atoms with Crippen LogP contribution < -0.4 is 15.2 Å². The summed E-state index contributed by atoms with van der Waals surface area (Å²) in [5.41, 5.74) is 9.33. The van der Waals surface area contributed by atoms with Crippen LogP contribution in [0.5, 0.6) is 11.5 Å². The van der Waals surface area contributed by atoms with Crippen LogP contribution in [0.25, 0.3) is 11.1 Å². The van der Waals surface area contributed by atoms with E-state index in [0.717, 1.165) is 22.3 Å². The van der Waals surface area contributed by atoms with Gasteiger partial charge in [-0.1, -0.05) is 24.3 Å². The first-order valence-corrected chi connectivity index (χ1v) is 9.50. The molecule has 0 saturated heterocycles. The van der Waals surface area contributed by atoms with E-state index >= 15 is 0 Å². The molecule has 0 unspecified atom stereocenters. The molecule has 0 aliphatic heterocycles. The molecule has 1 atom stereocenters. The average Bonchev–Trinajstić information content (AvgIpc) is 2.70.